The molecule has 1 aromatic heterocycles. The molecule has 0 amide bonds. The van der Waals surface area contributed by atoms with E-state index < -0.39 is 0 Å². The Hall–Kier alpha value is -2.82. The predicted molar refractivity (Wildman–Crippen MR) is 75.8 cm³/mol. The first kappa shape index (κ1) is 11.3. The molecule has 0 radical (unpaired) electrons. The van der Waals surface area contributed by atoms with E-state index >= 15 is 0 Å². The average Bonchev–Trinajstić information content (AvgIpc) is 2.75. The maximum absolute atomic E-state index is 7.75. The van der Waals surface area contributed by atoms with E-state index in [0.29, 0.717) is 16.7 Å². The van der Waals surface area contributed by atoms with Gasteiger partial charge in [0.1, 0.15) is 22.8 Å². The number of benzene rings is 2. The monoisotopic (exact) mass is 252 g/mol. The van der Waals surface area contributed by atoms with Gasteiger partial charge in [-0.1, -0.05) is 18.2 Å². The zero-order valence-electron chi connectivity index (χ0n) is 10.0. The molecule has 0 unspecified atom stereocenters. The van der Waals surface area contributed by atoms with E-state index in [9.17, 15) is 0 Å². The van der Waals surface area contributed by atoms with Crippen molar-refractivity contribution < 1.29 is 4.42 Å². The Morgan fingerprint density at radius 1 is 0.895 bits per heavy atom. The van der Waals surface area contributed by atoms with Crippen molar-refractivity contribution in [3.8, 4) is 0 Å². The zero-order valence-corrected chi connectivity index (χ0v) is 10.0. The molecule has 0 atom stereocenters. The molecule has 0 aliphatic heterocycles. The Morgan fingerprint density at radius 2 is 1.63 bits per heavy atom. The van der Waals surface area contributed by atoms with Crippen LogP contribution in [-0.4, -0.2) is 11.7 Å². The maximum atomic E-state index is 7.75. The molecule has 5 nitrogen and oxygen atoms in total. The molecule has 2 aromatic carbocycles. The number of rotatable bonds is 2. The molecule has 0 aliphatic carbocycles. The van der Waals surface area contributed by atoms with Gasteiger partial charge in [0.15, 0.2) is 0 Å². The van der Waals surface area contributed by atoms with Gasteiger partial charge in [-0.2, -0.15) is 0 Å². The van der Waals surface area contributed by atoms with E-state index in [1.807, 2.05) is 24.3 Å². The van der Waals surface area contributed by atoms with Gasteiger partial charge in [-0.15, -0.1) is 0 Å². The summed E-state index contributed by atoms with van der Waals surface area (Å²) in [6, 6.07) is 10.9. The Morgan fingerprint density at radius 3 is 2.32 bits per heavy atom. The van der Waals surface area contributed by atoms with Crippen LogP contribution in [0.4, 0.5) is 0 Å². The van der Waals surface area contributed by atoms with E-state index in [1.165, 1.54) is 0 Å². The highest BCUT2D eigenvalue weighted by molar-refractivity contribution is 6.21. The SMILES string of the molecule is N=C(N)c1ccc2oc3ccccc3c2c1C(=N)N. The second kappa shape index (κ2) is 3.84. The van der Waals surface area contributed by atoms with Crippen molar-refractivity contribution in [3.05, 3.63) is 47.5 Å². The summed E-state index contributed by atoms with van der Waals surface area (Å²) >= 11 is 0. The van der Waals surface area contributed by atoms with Gasteiger partial charge >= 0.3 is 0 Å². The minimum atomic E-state index is -0.123. The standard InChI is InChI=1S/C14H12N4O/c15-13(16)8-5-6-10-11(12(8)14(17)18)7-3-1-2-4-9(7)19-10/h1-6H,(H3,15,16)(H3,17,18). The van der Waals surface area contributed by atoms with Crippen LogP contribution in [0.5, 0.6) is 0 Å². The van der Waals surface area contributed by atoms with Crippen LogP contribution in [-0.2, 0) is 0 Å². The minimum Gasteiger partial charge on any atom is -0.456 e. The number of nitrogens with two attached hydrogens (primary N) is 2. The number of hydrogen-bond acceptors (Lipinski definition) is 3. The van der Waals surface area contributed by atoms with Gasteiger partial charge in [0.05, 0.1) is 0 Å². The number of nitrogens with one attached hydrogen (secondary N) is 2. The molecule has 1 heterocycles. The highest BCUT2D eigenvalue weighted by Crippen LogP contribution is 2.32. The third-order valence-corrected chi connectivity index (χ3v) is 3.10. The Bertz CT molecular complexity index is 832. The average molecular weight is 252 g/mol. The van der Waals surface area contributed by atoms with Gasteiger partial charge in [-0.3, -0.25) is 10.8 Å². The molecule has 0 aliphatic rings. The molecule has 6 N–H and O–H groups in total. The third kappa shape index (κ3) is 1.55. The third-order valence-electron chi connectivity index (χ3n) is 3.10. The molecule has 0 saturated heterocycles. The summed E-state index contributed by atoms with van der Waals surface area (Å²) in [5.41, 5.74) is 13.5. The fraction of sp³-hybridized carbons (Fsp3) is 0. The zero-order chi connectivity index (χ0) is 13.6. The van der Waals surface area contributed by atoms with Crippen LogP contribution in [0.3, 0.4) is 0 Å². The van der Waals surface area contributed by atoms with Crippen LogP contribution >= 0.6 is 0 Å². The Labute approximate surface area is 108 Å². The Kier molecular flexibility index (Phi) is 2.28. The summed E-state index contributed by atoms with van der Waals surface area (Å²) in [4.78, 5) is 0. The number of fused-ring (bicyclic) bond motifs is 3. The van der Waals surface area contributed by atoms with Gasteiger partial charge in [0, 0.05) is 21.9 Å². The summed E-state index contributed by atoms with van der Waals surface area (Å²) in [5.74, 6) is -0.236. The van der Waals surface area contributed by atoms with Gasteiger partial charge in [-0.05, 0) is 18.2 Å². The molecule has 94 valence electrons. The van der Waals surface area contributed by atoms with Crippen molar-refractivity contribution in [2.75, 3.05) is 0 Å². The molecule has 0 saturated carbocycles. The van der Waals surface area contributed by atoms with Gasteiger partial charge in [0.25, 0.3) is 0 Å². The van der Waals surface area contributed by atoms with Crippen LogP contribution in [0, 0.1) is 10.8 Å². The lowest BCUT2D eigenvalue weighted by Gasteiger charge is -2.07. The number of furan rings is 1. The lowest BCUT2D eigenvalue weighted by molar-refractivity contribution is 0.669. The quantitative estimate of drug-likeness (QED) is 0.414. The first-order valence-corrected chi connectivity index (χ1v) is 5.72. The second-order valence-corrected chi connectivity index (χ2v) is 4.29. The molecule has 0 fully saturated rings. The van der Waals surface area contributed by atoms with Crippen LogP contribution in [0.15, 0.2) is 40.8 Å². The van der Waals surface area contributed by atoms with Crippen LogP contribution in [0.2, 0.25) is 0 Å². The molecule has 19 heavy (non-hydrogen) atoms. The van der Waals surface area contributed by atoms with E-state index in [4.69, 9.17) is 26.7 Å². The predicted octanol–water partition coefficient (Wildman–Crippen LogP) is 2.15. The topological polar surface area (TPSA) is 113 Å². The fourth-order valence-electron chi connectivity index (χ4n) is 2.32. The lowest BCUT2D eigenvalue weighted by Crippen LogP contribution is -2.20. The fourth-order valence-corrected chi connectivity index (χ4v) is 2.32. The Balaban J connectivity index is 2.57. The highest BCUT2D eigenvalue weighted by atomic mass is 16.3. The van der Waals surface area contributed by atoms with Gasteiger partial charge in [0.2, 0.25) is 0 Å². The smallest absolute Gasteiger partial charge is 0.136 e. The molecule has 0 spiro atoms. The van der Waals surface area contributed by atoms with E-state index in [-0.39, 0.29) is 11.7 Å². The molecular weight excluding hydrogens is 240 g/mol. The van der Waals surface area contributed by atoms with Crippen molar-refractivity contribution in [2.45, 2.75) is 0 Å². The minimum absolute atomic E-state index is 0.114. The first-order chi connectivity index (χ1) is 9.09. The van der Waals surface area contributed by atoms with Crippen LogP contribution in [0.25, 0.3) is 21.9 Å². The lowest BCUT2D eigenvalue weighted by atomic mass is 9.99. The van der Waals surface area contributed by atoms with Crippen LogP contribution < -0.4 is 11.5 Å². The normalized spacial score (nSPS) is 10.9. The summed E-state index contributed by atoms with van der Waals surface area (Å²) in [6.07, 6.45) is 0. The van der Waals surface area contributed by atoms with E-state index in [1.54, 1.807) is 12.1 Å². The molecular formula is C14H12N4O. The maximum Gasteiger partial charge on any atom is 0.136 e. The number of hydrogen-bond donors (Lipinski definition) is 4. The molecule has 0 bridgehead atoms. The summed E-state index contributed by atoms with van der Waals surface area (Å²) in [7, 11) is 0. The van der Waals surface area contributed by atoms with E-state index in [2.05, 4.69) is 0 Å². The molecule has 3 rings (SSSR count). The van der Waals surface area contributed by atoms with E-state index in [0.717, 1.165) is 16.4 Å². The summed E-state index contributed by atoms with van der Waals surface area (Å²) in [5, 5.41) is 16.9. The number of nitrogen functional groups attached to an aromatic ring is 2. The summed E-state index contributed by atoms with van der Waals surface area (Å²) < 4.78 is 5.71. The van der Waals surface area contributed by atoms with Crippen LogP contribution in [0.1, 0.15) is 11.1 Å². The van der Waals surface area contributed by atoms with Gasteiger partial charge < -0.3 is 15.9 Å². The van der Waals surface area contributed by atoms with Crippen molar-refractivity contribution >= 4 is 33.6 Å². The largest absolute Gasteiger partial charge is 0.456 e. The number of para-hydroxylation sites is 1. The van der Waals surface area contributed by atoms with Crippen molar-refractivity contribution in [2.24, 2.45) is 11.5 Å². The second-order valence-electron chi connectivity index (χ2n) is 4.29. The van der Waals surface area contributed by atoms with Gasteiger partial charge in [-0.25, -0.2) is 0 Å². The molecule has 3 aromatic rings. The van der Waals surface area contributed by atoms with Crippen molar-refractivity contribution in [3.63, 3.8) is 0 Å². The first-order valence-electron chi connectivity index (χ1n) is 5.72. The summed E-state index contributed by atoms with van der Waals surface area (Å²) in [6.45, 7) is 0. The molecule has 5 heteroatoms. The number of amidine groups is 2. The van der Waals surface area contributed by atoms with Crippen molar-refractivity contribution in [1.82, 2.24) is 0 Å². The highest BCUT2D eigenvalue weighted by Gasteiger charge is 2.17. The van der Waals surface area contributed by atoms with Crippen molar-refractivity contribution in [1.29, 1.82) is 10.8 Å².